The summed E-state index contributed by atoms with van der Waals surface area (Å²) in [6, 6.07) is 8.28. The van der Waals surface area contributed by atoms with Gasteiger partial charge in [-0.3, -0.25) is 0 Å². The number of hydrogen-bond donors (Lipinski definition) is 1. The minimum Gasteiger partial charge on any atom is -0.393 e. The van der Waals surface area contributed by atoms with Crippen LogP contribution in [0.15, 0.2) is 28.8 Å². The Kier molecular flexibility index (Phi) is 4.55. The Morgan fingerprint density at radius 2 is 1.80 bits per heavy atom. The summed E-state index contributed by atoms with van der Waals surface area (Å²) in [5.74, 6) is 1.32. The van der Waals surface area contributed by atoms with Crippen molar-refractivity contribution in [3.05, 3.63) is 47.1 Å². The van der Waals surface area contributed by atoms with Gasteiger partial charge in [0, 0.05) is 6.42 Å². The third kappa shape index (κ3) is 3.45. The van der Waals surface area contributed by atoms with Crippen LogP contribution in [0.2, 0.25) is 0 Å². The third-order valence-corrected chi connectivity index (χ3v) is 3.49. The molecule has 0 aliphatic rings. The van der Waals surface area contributed by atoms with Crippen LogP contribution in [0.1, 0.15) is 49.5 Å². The van der Waals surface area contributed by atoms with E-state index in [1.54, 1.807) is 6.92 Å². The van der Waals surface area contributed by atoms with Crippen molar-refractivity contribution in [2.75, 3.05) is 0 Å². The maximum Gasteiger partial charge on any atom is 0.232 e. The van der Waals surface area contributed by atoms with Gasteiger partial charge in [-0.15, -0.1) is 0 Å². The lowest BCUT2D eigenvalue weighted by molar-refractivity contribution is 0.120. The molecule has 1 heterocycles. The highest BCUT2D eigenvalue weighted by atomic mass is 16.5. The molecule has 2 rings (SSSR count). The Bertz CT molecular complexity index is 536. The highest BCUT2D eigenvalue weighted by Crippen LogP contribution is 2.26. The van der Waals surface area contributed by atoms with Crippen LogP contribution < -0.4 is 0 Å². The molecule has 0 spiro atoms. The predicted molar refractivity (Wildman–Crippen MR) is 77.5 cm³/mol. The van der Waals surface area contributed by atoms with Crippen molar-refractivity contribution in [3.8, 4) is 0 Å². The van der Waals surface area contributed by atoms with E-state index in [9.17, 15) is 5.11 Å². The molecule has 0 aliphatic carbocycles. The second kappa shape index (κ2) is 6.18. The van der Waals surface area contributed by atoms with Crippen molar-refractivity contribution in [3.63, 3.8) is 0 Å². The van der Waals surface area contributed by atoms with Crippen LogP contribution in [0.5, 0.6) is 0 Å². The minimum atomic E-state index is -0.498. The summed E-state index contributed by atoms with van der Waals surface area (Å²) >= 11 is 0. The van der Waals surface area contributed by atoms with E-state index < -0.39 is 6.10 Å². The van der Waals surface area contributed by atoms with Crippen molar-refractivity contribution in [1.82, 2.24) is 10.1 Å². The van der Waals surface area contributed by atoms with Gasteiger partial charge in [0.2, 0.25) is 5.89 Å². The van der Waals surface area contributed by atoms with Gasteiger partial charge in [0.25, 0.3) is 0 Å². The molecule has 0 amide bonds. The van der Waals surface area contributed by atoms with Crippen molar-refractivity contribution in [2.45, 2.75) is 46.1 Å². The molecule has 0 saturated carbocycles. The molecule has 20 heavy (non-hydrogen) atoms. The lowest BCUT2D eigenvalue weighted by Gasteiger charge is -2.19. The van der Waals surface area contributed by atoms with E-state index >= 15 is 0 Å². The van der Waals surface area contributed by atoms with E-state index in [0.717, 1.165) is 5.56 Å². The Balaban J connectivity index is 2.14. The molecule has 0 radical (unpaired) electrons. The normalized spacial score (nSPS) is 14.5. The van der Waals surface area contributed by atoms with Gasteiger partial charge >= 0.3 is 0 Å². The van der Waals surface area contributed by atoms with Gasteiger partial charge in [0.05, 0.1) is 12.0 Å². The fraction of sp³-hybridized carbons (Fsp3) is 0.500. The summed E-state index contributed by atoms with van der Waals surface area (Å²) in [7, 11) is 0. The van der Waals surface area contributed by atoms with Gasteiger partial charge in [0.15, 0.2) is 5.82 Å². The molecule has 2 aromatic rings. The molecule has 4 heteroatoms. The Hall–Kier alpha value is -1.68. The van der Waals surface area contributed by atoms with Crippen molar-refractivity contribution in [2.24, 2.45) is 5.92 Å². The van der Waals surface area contributed by atoms with E-state index in [-0.39, 0.29) is 11.8 Å². The number of nitrogens with zero attached hydrogens (tertiary/aromatic N) is 2. The summed E-state index contributed by atoms with van der Waals surface area (Å²) in [4.78, 5) is 4.43. The molecule has 4 nitrogen and oxygen atoms in total. The van der Waals surface area contributed by atoms with E-state index in [4.69, 9.17) is 4.52 Å². The van der Waals surface area contributed by atoms with Gasteiger partial charge in [-0.25, -0.2) is 0 Å². The zero-order valence-electron chi connectivity index (χ0n) is 12.5. The molecule has 2 unspecified atom stereocenters. The fourth-order valence-corrected chi connectivity index (χ4v) is 2.41. The van der Waals surface area contributed by atoms with Crippen LogP contribution in [-0.4, -0.2) is 21.4 Å². The highest BCUT2D eigenvalue weighted by Gasteiger charge is 2.27. The number of aryl methyl sites for hydroxylation is 1. The molecule has 0 bridgehead atoms. The number of hydrogen-bond acceptors (Lipinski definition) is 4. The van der Waals surface area contributed by atoms with Crippen LogP contribution in [0.4, 0.5) is 0 Å². The van der Waals surface area contributed by atoms with Crippen molar-refractivity contribution >= 4 is 0 Å². The SMILES string of the molecule is Cc1ccc(Cc2noc(C(C(C)C)C(C)O)n2)cc1. The second-order valence-corrected chi connectivity index (χ2v) is 5.72. The first-order valence-electron chi connectivity index (χ1n) is 7.03. The molecule has 0 saturated heterocycles. The first-order valence-corrected chi connectivity index (χ1v) is 7.03. The largest absolute Gasteiger partial charge is 0.393 e. The maximum absolute atomic E-state index is 9.84. The minimum absolute atomic E-state index is 0.116. The van der Waals surface area contributed by atoms with Gasteiger partial charge in [-0.05, 0) is 25.3 Å². The summed E-state index contributed by atoms with van der Waals surface area (Å²) in [5.41, 5.74) is 2.39. The number of benzene rings is 1. The average Bonchev–Trinajstić information content (AvgIpc) is 2.79. The van der Waals surface area contributed by atoms with Crippen LogP contribution in [-0.2, 0) is 6.42 Å². The van der Waals surface area contributed by atoms with E-state index in [2.05, 4.69) is 41.3 Å². The maximum atomic E-state index is 9.84. The van der Waals surface area contributed by atoms with E-state index in [0.29, 0.717) is 18.1 Å². The van der Waals surface area contributed by atoms with Gasteiger partial charge in [-0.1, -0.05) is 48.8 Å². The van der Waals surface area contributed by atoms with Crippen LogP contribution in [0.25, 0.3) is 0 Å². The zero-order chi connectivity index (χ0) is 14.7. The van der Waals surface area contributed by atoms with Crippen LogP contribution in [0.3, 0.4) is 0 Å². The molecule has 108 valence electrons. The van der Waals surface area contributed by atoms with Crippen molar-refractivity contribution < 1.29 is 9.63 Å². The monoisotopic (exact) mass is 274 g/mol. The zero-order valence-corrected chi connectivity index (χ0v) is 12.5. The first kappa shape index (κ1) is 14.7. The topological polar surface area (TPSA) is 59.2 Å². The van der Waals surface area contributed by atoms with Gasteiger partial charge in [-0.2, -0.15) is 4.98 Å². The summed E-state index contributed by atoms with van der Waals surface area (Å²) in [5, 5.41) is 13.9. The van der Waals surface area contributed by atoms with E-state index in [1.807, 2.05) is 13.8 Å². The Morgan fingerprint density at radius 1 is 1.15 bits per heavy atom. The molecular weight excluding hydrogens is 252 g/mol. The number of rotatable bonds is 5. The standard InChI is InChI=1S/C16H22N2O2/c1-10(2)15(12(4)19)16-17-14(18-20-16)9-13-7-5-11(3)6-8-13/h5-8,10,12,15,19H,9H2,1-4H3. The number of aliphatic hydroxyl groups is 1. The molecule has 0 fully saturated rings. The van der Waals surface area contributed by atoms with Crippen LogP contribution >= 0.6 is 0 Å². The van der Waals surface area contributed by atoms with Gasteiger partial charge < -0.3 is 9.63 Å². The first-order chi connectivity index (χ1) is 9.47. The quantitative estimate of drug-likeness (QED) is 0.910. The molecule has 1 aromatic heterocycles. The fourth-order valence-electron chi connectivity index (χ4n) is 2.41. The molecule has 1 aromatic carbocycles. The number of aliphatic hydroxyl groups excluding tert-OH is 1. The van der Waals surface area contributed by atoms with Gasteiger partial charge in [0.1, 0.15) is 0 Å². The van der Waals surface area contributed by atoms with E-state index in [1.165, 1.54) is 5.56 Å². The Labute approximate surface area is 119 Å². The summed E-state index contributed by atoms with van der Waals surface area (Å²) < 4.78 is 5.32. The lowest BCUT2D eigenvalue weighted by atomic mass is 9.91. The summed E-state index contributed by atoms with van der Waals surface area (Å²) in [6.07, 6.45) is 0.150. The number of aromatic nitrogens is 2. The predicted octanol–water partition coefficient (Wildman–Crippen LogP) is 3.09. The van der Waals surface area contributed by atoms with Crippen LogP contribution in [0, 0.1) is 12.8 Å². The van der Waals surface area contributed by atoms with Crippen molar-refractivity contribution in [1.29, 1.82) is 0 Å². The third-order valence-electron chi connectivity index (χ3n) is 3.49. The smallest absolute Gasteiger partial charge is 0.232 e. The molecule has 0 aliphatic heterocycles. The average molecular weight is 274 g/mol. The molecule has 1 N–H and O–H groups in total. The summed E-state index contributed by atoms with van der Waals surface area (Å²) in [6.45, 7) is 7.91. The second-order valence-electron chi connectivity index (χ2n) is 5.72. The highest BCUT2D eigenvalue weighted by molar-refractivity contribution is 5.23. The molecular formula is C16H22N2O2. The lowest BCUT2D eigenvalue weighted by Crippen LogP contribution is -2.20. The Morgan fingerprint density at radius 3 is 2.35 bits per heavy atom. The molecule has 2 atom stereocenters.